The maximum absolute atomic E-state index is 11.1. The summed E-state index contributed by atoms with van der Waals surface area (Å²) in [6.07, 6.45) is 0. The highest BCUT2D eigenvalue weighted by molar-refractivity contribution is 7.12. The second kappa shape index (κ2) is 2.31. The van der Waals surface area contributed by atoms with E-state index >= 15 is 0 Å². The molecule has 0 fully saturated rings. The lowest BCUT2D eigenvalue weighted by Gasteiger charge is -1.88. The molecule has 1 N–H and O–H groups in total. The van der Waals surface area contributed by atoms with Crippen molar-refractivity contribution < 1.29 is 19.4 Å². The van der Waals surface area contributed by atoms with Crippen molar-refractivity contribution in [3.63, 3.8) is 0 Å². The number of carbonyl (C=O) groups is 2. The van der Waals surface area contributed by atoms with Crippen molar-refractivity contribution in [2.45, 2.75) is 0 Å². The van der Waals surface area contributed by atoms with E-state index in [1.807, 2.05) is 0 Å². The molecule has 2 rings (SSSR count). The van der Waals surface area contributed by atoms with E-state index in [0.717, 1.165) is 11.3 Å². The summed E-state index contributed by atoms with van der Waals surface area (Å²) in [6, 6.07) is 0. The highest BCUT2D eigenvalue weighted by Gasteiger charge is 2.29. The Morgan fingerprint density at radius 1 is 1.67 bits per heavy atom. The zero-order valence-electron chi connectivity index (χ0n) is 5.86. The van der Waals surface area contributed by atoms with Gasteiger partial charge in [0.25, 0.3) is 0 Å². The van der Waals surface area contributed by atoms with Gasteiger partial charge < -0.3 is 9.84 Å². The summed E-state index contributed by atoms with van der Waals surface area (Å²) in [5, 5.41) is 10.2. The van der Waals surface area contributed by atoms with Crippen LogP contribution in [0.2, 0.25) is 0 Å². The van der Waals surface area contributed by atoms with Crippen LogP contribution in [0, 0.1) is 0 Å². The zero-order chi connectivity index (χ0) is 8.72. The van der Waals surface area contributed by atoms with Gasteiger partial charge in [-0.2, -0.15) is 0 Å². The van der Waals surface area contributed by atoms with E-state index in [4.69, 9.17) is 9.84 Å². The first-order chi connectivity index (χ1) is 5.70. The first-order valence-electron chi connectivity index (χ1n) is 3.21. The molecule has 1 aliphatic heterocycles. The van der Waals surface area contributed by atoms with Crippen molar-refractivity contribution in [1.82, 2.24) is 0 Å². The average Bonchev–Trinajstić information content (AvgIpc) is 2.53. The molecule has 12 heavy (non-hydrogen) atoms. The molecule has 0 aliphatic carbocycles. The SMILES string of the molecule is O=C(O)c1scc2c1C(=O)CO2. The standard InChI is InChI=1S/C7H4O4S/c8-3-1-11-4-2-12-6(5(3)4)7(9)10/h2H,1H2,(H,9,10). The van der Waals surface area contributed by atoms with Gasteiger partial charge in [-0.1, -0.05) is 0 Å². The second-order valence-corrected chi connectivity index (χ2v) is 3.20. The summed E-state index contributed by atoms with van der Waals surface area (Å²) < 4.78 is 4.94. The molecule has 0 saturated carbocycles. The van der Waals surface area contributed by atoms with Gasteiger partial charge >= 0.3 is 5.97 Å². The van der Waals surface area contributed by atoms with Crippen molar-refractivity contribution in [2.75, 3.05) is 6.61 Å². The Bertz CT molecular complexity index is 365. The van der Waals surface area contributed by atoms with E-state index in [0.29, 0.717) is 5.75 Å². The molecule has 4 nitrogen and oxygen atoms in total. The van der Waals surface area contributed by atoms with E-state index in [1.165, 1.54) is 0 Å². The van der Waals surface area contributed by atoms with E-state index in [9.17, 15) is 9.59 Å². The molecule has 0 bridgehead atoms. The van der Waals surface area contributed by atoms with E-state index in [-0.39, 0.29) is 22.8 Å². The summed E-state index contributed by atoms with van der Waals surface area (Å²) in [6.45, 7) is -0.0293. The van der Waals surface area contributed by atoms with Crippen molar-refractivity contribution in [1.29, 1.82) is 0 Å². The highest BCUT2D eigenvalue weighted by atomic mass is 32.1. The molecule has 2 heterocycles. The number of aromatic carboxylic acids is 1. The number of ether oxygens (including phenoxy) is 1. The lowest BCUT2D eigenvalue weighted by atomic mass is 10.2. The molecule has 1 aliphatic rings. The number of thiophene rings is 1. The molecule has 0 atom stereocenters. The summed E-state index contributed by atoms with van der Waals surface area (Å²) in [5.41, 5.74) is 0.229. The number of rotatable bonds is 1. The Kier molecular flexibility index (Phi) is 1.41. The van der Waals surface area contributed by atoms with E-state index < -0.39 is 5.97 Å². The maximum Gasteiger partial charge on any atom is 0.346 e. The molecule has 1 aromatic heterocycles. The topological polar surface area (TPSA) is 63.6 Å². The Morgan fingerprint density at radius 2 is 2.42 bits per heavy atom. The fourth-order valence-corrected chi connectivity index (χ4v) is 1.93. The van der Waals surface area contributed by atoms with Crippen LogP contribution in [-0.4, -0.2) is 23.5 Å². The van der Waals surface area contributed by atoms with Crippen molar-refractivity contribution in [2.24, 2.45) is 0 Å². The number of hydrogen-bond donors (Lipinski definition) is 1. The maximum atomic E-state index is 11.1. The predicted octanol–water partition coefficient (Wildman–Crippen LogP) is 1.02. The minimum atomic E-state index is -1.07. The van der Waals surface area contributed by atoms with Crippen LogP contribution in [-0.2, 0) is 0 Å². The summed E-state index contributed by atoms with van der Waals surface area (Å²) >= 11 is 1.02. The molecule has 62 valence electrons. The Morgan fingerprint density at radius 3 is 3.08 bits per heavy atom. The number of carbonyl (C=O) groups excluding carboxylic acids is 1. The molecule has 0 radical (unpaired) electrons. The molecular weight excluding hydrogens is 180 g/mol. The van der Waals surface area contributed by atoms with Crippen LogP contribution in [0.5, 0.6) is 5.75 Å². The van der Waals surface area contributed by atoms with Crippen LogP contribution in [0.4, 0.5) is 0 Å². The van der Waals surface area contributed by atoms with Crippen LogP contribution < -0.4 is 4.74 Å². The lowest BCUT2D eigenvalue weighted by molar-refractivity contribution is 0.0698. The smallest absolute Gasteiger partial charge is 0.346 e. The quantitative estimate of drug-likeness (QED) is 0.707. The van der Waals surface area contributed by atoms with Gasteiger partial charge in [-0.05, 0) is 0 Å². The third-order valence-corrected chi connectivity index (χ3v) is 2.54. The third kappa shape index (κ3) is 0.831. The van der Waals surface area contributed by atoms with Crippen LogP contribution in [0.25, 0.3) is 0 Å². The van der Waals surface area contributed by atoms with Gasteiger partial charge in [-0.25, -0.2) is 4.79 Å². The van der Waals surface area contributed by atoms with Gasteiger partial charge in [0.15, 0.2) is 6.61 Å². The van der Waals surface area contributed by atoms with Crippen LogP contribution >= 0.6 is 11.3 Å². The molecule has 0 unspecified atom stereocenters. The van der Waals surface area contributed by atoms with Crippen LogP contribution in [0.1, 0.15) is 20.0 Å². The normalized spacial score (nSPS) is 14.2. The van der Waals surface area contributed by atoms with Gasteiger partial charge in [-0.15, -0.1) is 11.3 Å². The van der Waals surface area contributed by atoms with Gasteiger partial charge in [-0.3, -0.25) is 4.79 Å². The minimum absolute atomic E-state index is 0.0293. The largest absolute Gasteiger partial charge is 0.484 e. The Balaban J connectivity index is 2.60. The number of ketones is 1. The monoisotopic (exact) mass is 184 g/mol. The van der Waals surface area contributed by atoms with Gasteiger partial charge in [0.2, 0.25) is 5.78 Å². The minimum Gasteiger partial charge on any atom is -0.484 e. The van der Waals surface area contributed by atoms with Crippen molar-refractivity contribution in [3.8, 4) is 5.75 Å². The highest BCUT2D eigenvalue weighted by Crippen LogP contribution is 2.33. The number of hydrogen-bond acceptors (Lipinski definition) is 4. The molecule has 0 spiro atoms. The number of Topliss-reactive ketones (excluding diaryl/α,β-unsaturated/α-hetero) is 1. The lowest BCUT2D eigenvalue weighted by Crippen LogP contribution is -2.04. The molecular formula is C7H4O4S. The van der Waals surface area contributed by atoms with Crippen LogP contribution in [0.3, 0.4) is 0 Å². The second-order valence-electron chi connectivity index (χ2n) is 2.32. The fraction of sp³-hybridized carbons (Fsp3) is 0.143. The molecule has 0 aromatic carbocycles. The van der Waals surface area contributed by atoms with Gasteiger partial charge in [0.1, 0.15) is 10.6 Å². The van der Waals surface area contributed by atoms with Crippen molar-refractivity contribution >= 4 is 23.1 Å². The van der Waals surface area contributed by atoms with E-state index in [1.54, 1.807) is 5.38 Å². The number of carboxylic acid groups (broad SMARTS) is 1. The summed E-state index contributed by atoms with van der Waals surface area (Å²) in [4.78, 5) is 21.7. The molecule has 5 heteroatoms. The van der Waals surface area contributed by atoms with Gasteiger partial charge in [0, 0.05) is 5.38 Å². The third-order valence-electron chi connectivity index (χ3n) is 1.59. The summed E-state index contributed by atoms with van der Waals surface area (Å²) in [7, 11) is 0. The first-order valence-corrected chi connectivity index (χ1v) is 4.09. The Labute approximate surface area is 71.4 Å². The average molecular weight is 184 g/mol. The fourth-order valence-electron chi connectivity index (χ4n) is 1.09. The number of fused-ring (bicyclic) bond motifs is 1. The molecule has 1 aromatic rings. The molecule has 0 amide bonds. The van der Waals surface area contributed by atoms with E-state index in [2.05, 4.69) is 0 Å². The van der Waals surface area contributed by atoms with Gasteiger partial charge in [0.05, 0.1) is 5.56 Å². The van der Waals surface area contributed by atoms with Crippen molar-refractivity contribution in [3.05, 3.63) is 15.8 Å². The molecule has 0 saturated heterocycles. The number of carboxylic acids is 1. The Hall–Kier alpha value is -1.36. The summed E-state index contributed by atoms with van der Waals surface area (Å²) in [5.74, 6) is -0.911. The van der Waals surface area contributed by atoms with Crippen LogP contribution in [0.15, 0.2) is 5.38 Å². The zero-order valence-corrected chi connectivity index (χ0v) is 6.68. The predicted molar refractivity (Wildman–Crippen MR) is 41.1 cm³/mol. The first kappa shape index (κ1) is 7.30.